The maximum atomic E-state index is 13.0. The maximum absolute atomic E-state index is 13.0. The number of nitrogens with zero attached hydrogens (tertiary/aromatic N) is 2. The lowest BCUT2D eigenvalue weighted by molar-refractivity contribution is 0.0725. The van der Waals surface area contributed by atoms with Crippen LogP contribution in [0.5, 0.6) is 5.75 Å². The second-order valence-corrected chi connectivity index (χ2v) is 6.82. The van der Waals surface area contributed by atoms with Crippen molar-refractivity contribution in [2.45, 2.75) is 47.1 Å². The van der Waals surface area contributed by atoms with Crippen molar-refractivity contribution in [1.82, 2.24) is 9.78 Å². The van der Waals surface area contributed by atoms with E-state index >= 15 is 0 Å². The molecule has 0 bridgehead atoms. The second-order valence-electron chi connectivity index (χ2n) is 6.82. The molecule has 5 nitrogen and oxygen atoms in total. The number of esters is 1. The Morgan fingerprint density at radius 1 is 1.04 bits per heavy atom. The van der Waals surface area contributed by atoms with E-state index in [1.165, 1.54) is 4.68 Å². The van der Waals surface area contributed by atoms with E-state index in [-0.39, 0.29) is 11.3 Å². The van der Waals surface area contributed by atoms with Gasteiger partial charge in [-0.2, -0.15) is 5.10 Å². The molecular formula is C22H24N2O3. The second kappa shape index (κ2) is 7.74. The molecule has 0 N–H and O–H groups in total. The van der Waals surface area contributed by atoms with Crippen LogP contribution in [-0.4, -0.2) is 15.7 Å². The molecular weight excluding hydrogens is 340 g/mol. The van der Waals surface area contributed by atoms with Gasteiger partial charge in [0.05, 0.1) is 5.39 Å². The Labute approximate surface area is 158 Å². The first-order valence-electron chi connectivity index (χ1n) is 9.23. The van der Waals surface area contributed by atoms with Gasteiger partial charge in [-0.1, -0.05) is 43.7 Å². The molecule has 0 spiro atoms. The zero-order valence-electron chi connectivity index (χ0n) is 16.2. The SMILES string of the molecule is CCCCn1nc(C(=O)Oc2c(C)ccc(C)c2C)c2ccccc2c1=O. The molecule has 0 saturated carbocycles. The van der Waals surface area contributed by atoms with Crippen LogP contribution < -0.4 is 10.3 Å². The van der Waals surface area contributed by atoms with Crippen molar-refractivity contribution in [1.29, 1.82) is 0 Å². The van der Waals surface area contributed by atoms with Crippen molar-refractivity contribution in [3.05, 3.63) is 69.1 Å². The highest BCUT2D eigenvalue weighted by Crippen LogP contribution is 2.27. The Balaban J connectivity index is 2.11. The molecule has 3 rings (SSSR count). The molecule has 0 fully saturated rings. The van der Waals surface area contributed by atoms with Crippen LogP contribution in [0.4, 0.5) is 0 Å². The van der Waals surface area contributed by atoms with Crippen LogP contribution in [0.3, 0.4) is 0 Å². The van der Waals surface area contributed by atoms with Crippen molar-refractivity contribution in [3.8, 4) is 5.75 Å². The first-order valence-corrected chi connectivity index (χ1v) is 9.23. The number of aryl methyl sites for hydroxylation is 3. The zero-order valence-corrected chi connectivity index (χ0v) is 16.2. The summed E-state index contributed by atoms with van der Waals surface area (Å²) in [6.45, 7) is 8.33. The Hall–Kier alpha value is -2.95. The van der Waals surface area contributed by atoms with E-state index in [4.69, 9.17) is 4.74 Å². The number of unbranched alkanes of at least 4 members (excludes halogenated alkanes) is 1. The summed E-state index contributed by atoms with van der Waals surface area (Å²) in [7, 11) is 0. The van der Waals surface area contributed by atoms with Gasteiger partial charge in [0.1, 0.15) is 5.75 Å². The third-order valence-corrected chi connectivity index (χ3v) is 4.85. The van der Waals surface area contributed by atoms with E-state index in [1.54, 1.807) is 24.3 Å². The van der Waals surface area contributed by atoms with Gasteiger partial charge in [-0.05, 0) is 49.9 Å². The minimum Gasteiger partial charge on any atom is -0.421 e. The summed E-state index contributed by atoms with van der Waals surface area (Å²) in [5.74, 6) is 0.00503. The molecule has 0 aliphatic heterocycles. The Morgan fingerprint density at radius 3 is 2.41 bits per heavy atom. The molecule has 3 aromatic rings. The van der Waals surface area contributed by atoms with Gasteiger partial charge in [-0.3, -0.25) is 4.79 Å². The normalized spacial score (nSPS) is 11.0. The van der Waals surface area contributed by atoms with Gasteiger partial charge in [0, 0.05) is 11.9 Å². The number of carbonyl (C=O) groups is 1. The maximum Gasteiger partial charge on any atom is 0.364 e. The molecule has 0 aliphatic rings. The molecule has 0 atom stereocenters. The van der Waals surface area contributed by atoms with Gasteiger partial charge in [-0.25, -0.2) is 9.48 Å². The van der Waals surface area contributed by atoms with Crippen LogP contribution in [0, 0.1) is 20.8 Å². The highest BCUT2D eigenvalue weighted by Gasteiger charge is 2.20. The summed E-state index contributed by atoms with van der Waals surface area (Å²) in [5, 5.41) is 5.34. The van der Waals surface area contributed by atoms with Crippen LogP contribution in [0.1, 0.15) is 46.9 Å². The van der Waals surface area contributed by atoms with E-state index in [2.05, 4.69) is 5.10 Å². The summed E-state index contributed by atoms with van der Waals surface area (Å²) < 4.78 is 7.11. The first-order chi connectivity index (χ1) is 12.9. The first kappa shape index (κ1) is 18.8. The molecule has 140 valence electrons. The van der Waals surface area contributed by atoms with E-state index in [1.807, 2.05) is 39.8 Å². The third kappa shape index (κ3) is 3.63. The third-order valence-electron chi connectivity index (χ3n) is 4.85. The average Bonchev–Trinajstić information content (AvgIpc) is 2.67. The largest absolute Gasteiger partial charge is 0.421 e. The number of ether oxygens (including phenoxy) is 1. The number of fused-ring (bicyclic) bond motifs is 1. The number of carbonyl (C=O) groups excluding carboxylic acids is 1. The lowest BCUT2D eigenvalue weighted by Crippen LogP contribution is -2.27. The number of hydrogen-bond donors (Lipinski definition) is 0. The number of benzene rings is 2. The molecule has 0 unspecified atom stereocenters. The molecule has 1 heterocycles. The molecule has 1 aromatic heterocycles. The van der Waals surface area contributed by atoms with Crippen molar-refractivity contribution < 1.29 is 9.53 Å². The molecule has 0 aliphatic carbocycles. The molecule has 27 heavy (non-hydrogen) atoms. The number of hydrogen-bond acceptors (Lipinski definition) is 4. The standard InChI is InChI=1S/C22H24N2O3/c1-5-6-13-24-21(25)18-10-8-7-9-17(18)19(23-24)22(26)27-20-15(3)12-11-14(2)16(20)4/h7-12H,5-6,13H2,1-4H3. The van der Waals surface area contributed by atoms with Crippen LogP contribution >= 0.6 is 0 Å². The quantitative estimate of drug-likeness (QED) is 0.499. The van der Waals surface area contributed by atoms with E-state index in [0.717, 1.165) is 29.5 Å². The van der Waals surface area contributed by atoms with Crippen LogP contribution in [0.15, 0.2) is 41.2 Å². The Bertz CT molecular complexity index is 1070. The van der Waals surface area contributed by atoms with Gasteiger partial charge >= 0.3 is 5.97 Å². The van der Waals surface area contributed by atoms with Crippen LogP contribution in [0.2, 0.25) is 0 Å². The Morgan fingerprint density at radius 2 is 1.70 bits per heavy atom. The van der Waals surface area contributed by atoms with Gasteiger partial charge in [-0.15, -0.1) is 0 Å². The van der Waals surface area contributed by atoms with Crippen LogP contribution in [-0.2, 0) is 6.54 Å². The fourth-order valence-electron chi connectivity index (χ4n) is 3.07. The summed E-state index contributed by atoms with van der Waals surface area (Å²) in [6.07, 6.45) is 1.75. The van der Waals surface area contributed by atoms with Crippen molar-refractivity contribution in [3.63, 3.8) is 0 Å². The highest BCUT2D eigenvalue weighted by atomic mass is 16.5. The van der Waals surface area contributed by atoms with Gasteiger partial charge in [0.15, 0.2) is 5.69 Å². The summed E-state index contributed by atoms with van der Waals surface area (Å²) in [6, 6.07) is 11.0. The van der Waals surface area contributed by atoms with E-state index in [9.17, 15) is 9.59 Å². The lowest BCUT2D eigenvalue weighted by Gasteiger charge is -2.14. The van der Waals surface area contributed by atoms with Gasteiger partial charge < -0.3 is 4.74 Å². The number of rotatable bonds is 5. The topological polar surface area (TPSA) is 61.2 Å². The summed E-state index contributed by atoms with van der Waals surface area (Å²) in [4.78, 5) is 25.6. The van der Waals surface area contributed by atoms with Crippen molar-refractivity contribution >= 4 is 16.7 Å². The van der Waals surface area contributed by atoms with Crippen LogP contribution in [0.25, 0.3) is 10.8 Å². The highest BCUT2D eigenvalue weighted by molar-refractivity contribution is 6.03. The van der Waals surface area contributed by atoms with Crippen molar-refractivity contribution in [2.75, 3.05) is 0 Å². The minimum atomic E-state index is -0.548. The molecule has 0 saturated heterocycles. The van der Waals surface area contributed by atoms with E-state index < -0.39 is 5.97 Å². The summed E-state index contributed by atoms with van der Waals surface area (Å²) >= 11 is 0. The Kier molecular flexibility index (Phi) is 5.40. The van der Waals surface area contributed by atoms with Gasteiger partial charge in [0.2, 0.25) is 0 Å². The average molecular weight is 364 g/mol. The predicted octanol–water partition coefficient (Wildman–Crippen LogP) is 4.34. The molecule has 0 radical (unpaired) electrons. The summed E-state index contributed by atoms with van der Waals surface area (Å²) in [5.41, 5.74) is 2.84. The van der Waals surface area contributed by atoms with Crippen molar-refractivity contribution in [2.24, 2.45) is 0 Å². The van der Waals surface area contributed by atoms with Gasteiger partial charge in [0.25, 0.3) is 5.56 Å². The number of aromatic nitrogens is 2. The monoisotopic (exact) mass is 364 g/mol. The van der Waals surface area contributed by atoms with E-state index in [0.29, 0.717) is 23.1 Å². The minimum absolute atomic E-state index is 0.168. The fraction of sp³-hybridized carbons (Fsp3) is 0.318. The molecule has 0 amide bonds. The zero-order chi connectivity index (χ0) is 19.6. The molecule has 5 heteroatoms. The lowest BCUT2D eigenvalue weighted by atomic mass is 10.1. The fourth-order valence-corrected chi connectivity index (χ4v) is 3.07. The smallest absolute Gasteiger partial charge is 0.364 e. The predicted molar refractivity (Wildman–Crippen MR) is 107 cm³/mol. The molecule has 2 aromatic carbocycles.